The smallest absolute Gasteiger partial charge is 0.192 e. The van der Waals surface area contributed by atoms with Crippen molar-refractivity contribution in [3.8, 4) is 17.1 Å². The van der Waals surface area contributed by atoms with Crippen LogP contribution in [0.15, 0.2) is 48.5 Å². The fourth-order valence-electron chi connectivity index (χ4n) is 2.55. The lowest BCUT2D eigenvalue weighted by atomic mass is 9.87. The highest BCUT2D eigenvalue weighted by Gasteiger charge is 2.34. The Morgan fingerprint density at radius 2 is 1.52 bits per heavy atom. The number of alkyl halides is 3. The van der Waals surface area contributed by atoms with Crippen LogP contribution in [0.2, 0.25) is 0 Å². The molecule has 25 heavy (non-hydrogen) atoms. The molecular formula is C18H17F3N4. The van der Waals surface area contributed by atoms with Crippen molar-refractivity contribution in [2.45, 2.75) is 32.4 Å². The van der Waals surface area contributed by atoms with Gasteiger partial charge in [0.2, 0.25) is 0 Å². The highest BCUT2D eigenvalue weighted by atomic mass is 19.4. The van der Waals surface area contributed by atoms with Gasteiger partial charge in [-0.25, -0.2) is 0 Å². The summed E-state index contributed by atoms with van der Waals surface area (Å²) in [6.07, 6.45) is -4.49. The number of tetrazole rings is 1. The molecule has 0 aliphatic heterocycles. The minimum absolute atomic E-state index is 0.0205. The van der Waals surface area contributed by atoms with E-state index >= 15 is 0 Å². The van der Waals surface area contributed by atoms with Crippen LogP contribution in [-0.2, 0) is 11.6 Å². The monoisotopic (exact) mass is 346 g/mol. The number of rotatable bonds is 2. The van der Waals surface area contributed by atoms with E-state index < -0.39 is 11.7 Å². The SMILES string of the molecule is CC(C)(C)c1ccc(-c2nnnn2-c2ccccc2C(F)(F)F)cc1. The van der Waals surface area contributed by atoms with Crippen LogP contribution in [-0.4, -0.2) is 20.2 Å². The Balaban J connectivity index is 2.09. The van der Waals surface area contributed by atoms with E-state index in [-0.39, 0.29) is 16.9 Å². The van der Waals surface area contributed by atoms with Crippen LogP contribution < -0.4 is 0 Å². The summed E-state index contributed by atoms with van der Waals surface area (Å²) in [5.41, 5.74) is 0.860. The third kappa shape index (κ3) is 3.40. The van der Waals surface area contributed by atoms with Gasteiger partial charge < -0.3 is 0 Å². The molecule has 130 valence electrons. The molecule has 0 spiro atoms. The zero-order valence-electron chi connectivity index (χ0n) is 14.0. The van der Waals surface area contributed by atoms with Crippen LogP contribution in [0.1, 0.15) is 31.9 Å². The normalized spacial score (nSPS) is 12.4. The van der Waals surface area contributed by atoms with Gasteiger partial charge in [-0.15, -0.1) is 5.10 Å². The molecule has 0 N–H and O–H groups in total. The van der Waals surface area contributed by atoms with Gasteiger partial charge in [0.1, 0.15) is 0 Å². The first-order chi connectivity index (χ1) is 11.7. The minimum Gasteiger partial charge on any atom is -0.192 e. The Labute approximate surface area is 143 Å². The number of halogens is 3. The molecule has 0 aliphatic rings. The molecule has 0 atom stereocenters. The number of benzene rings is 2. The lowest BCUT2D eigenvalue weighted by molar-refractivity contribution is -0.137. The van der Waals surface area contributed by atoms with Crippen LogP contribution in [0, 0.1) is 0 Å². The van der Waals surface area contributed by atoms with Crippen LogP contribution in [0.4, 0.5) is 13.2 Å². The van der Waals surface area contributed by atoms with E-state index in [1.807, 2.05) is 24.3 Å². The van der Waals surface area contributed by atoms with Gasteiger partial charge in [-0.05, 0) is 33.5 Å². The first-order valence-corrected chi connectivity index (χ1v) is 7.74. The lowest BCUT2D eigenvalue weighted by Crippen LogP contribution is -2.12. The number of nitrogens with zero attached hydrogens (tertiary/aromatic N) is 4. The Kier molecular flexibility index (Phi) is 4.10. The summed E-state index contributed by atoms with van der Waals surface area (Å²) in [4.78, 5) is 0. The number of aromatic nitrogens is 4. The summed E-state index contributed by atoms with van der Waals surface area (Å²) >= 11 is 0. The second-order valence-corrected chi connectivity index (χ2v) is 6.76. The molecule has 0 fully saturated rings. The fourth-order valence-corrected chi connectivity index (χ4v) is 2.55. The van der Waals surface area contributed by atoms with Crippen LogP contribution in [0.3, 0.4) is 0 Å². The second kappa shape index (κ2) is 5.98. The predicted octanol–water partition coefficient (Wildman–Crippen LogP) is 4.65. The van der Waals surface area contributed by atoms with Crippen molar-refractivity contribution in [2.75, 3.05) is 0 Å². The fraction of sp³-hybridized carbons (Fsp3) is 0.278. The van der Waals surface area contributed by atoms with E-state index in [4.69, 9.17) is 0 Å². The van der Waals surface area contributed by atoms with Crippen molar-refractivity contribution in [1.82, 2.24) is 20.2 Å². The van der Waals surface area contributed by atoms with Crippen molar-refractivity contribution >= 4 is 0 Å². The molecule has 0 bridgehead atoms. The lowest BCUT2D eigenvalue weighted by Gasteiger charge is -2.19. The molecule has 0 saturated carbocycles. The molecule has 0 radical (unpaired) electrons. The Bertz CT molecular complexity index is 874. The molecule has 0 amide bonds. The largest absolute Gasteiger partial charge is 0.418 e. The first kappa shape index (κ1) is 17.1. The van der Waals surface area contributed by atoms with Crippen molar-refractivity contribution in [3.63, 3.8) is 0 Å². The zero-order chi connectivity index (χ0) is 18.2. The van der Waals surface area contributed by atoms with Gasteiger partial charge >= 0.3 is 6.18 Å². The van der Waals surface area contributed by atoms with Gasteiger partial charge in [-0.2, -0.15) is 17.9 Å². The van der Waals surface area contributed by atoms with Crippen LogP contribution in [0.25, 0.3) is 17.1 Å². The molecule has 3 aromatic rings. The summed E-state index contributed by atoms with van der Waals surface area (Å²) < 4.78 is 40.9. The Morgan fingerprint density at radius 1 is 0.880 bits per heavy atom. The van der Waals surface area contributed by atoms with Crippen molar-refractivity contribution in [3.05, 3.63) is 59.7 Å². The molecule has 7 heteroatoms. The maximum atomic E-state index is 13.3. The molecule has 0 unspecified atom stereocenters. The van der Waals surface area contributed by atoms with Gasteiger partial charge in [0.15, 0.2) is 5.82 Å². The first-order valence-electron chi connectivity index (χ1n) is 7.74. The minimum atomic E-state index is -4.49. The highest BCUT2D eigenvalue weighted by molar-refractivity contribution is 5.59. The van der Waals surface area contributed by atoms with Gasteiger partial charge in [-0.1, -0.05) is 57.2 Å². The highest BCUT2D eigenvalue weighted by Crippen LogP contribution is 2.34. The van der Waals surface area contributed by atoms with Gasteiger partial charge in [0, 0.05) is 5.56 Å². The molecule has 1 heterocycles. The summed E-state index contributed by atoms with van der Waals surface area (Å²) in [6.45, 7) is 6.27. The average molecular weight is 346 g/mol. The molecule has 3 rings (SSSR count). The zero-order valence-corrected chi connectivity index (χ0v) is 14.0. The molecular weight excluding hydrogens is 329 g/mol. The van der Waals surface area contributed by atoms with E-state index in [0.717, 1.165) is 16.3 Å². The summed E-state index contributed by atoms with van der Waals surface area (Å²) in [5, 5.41) is 11.2. The summed E-state index contributed by atoms with van der Waals surface area (Å²) in [6, 6.07) is 12.7. The molecule has 0 aliphatic carbocycles. The average Bonchev–Trinajstić information content (AvgIpc) is 3.03. The number of hydrogen-bond donors (Lipinski definition) is 0. The number of para-hydroxylation sites is 1. The molecule has 4 nitrogen and oxygen atoms in total. The van der Waals surface area contributed by atoms with Crippen molar-refractivity contribution < 1.29 is 13.2 Å². The van der Waals surface area contributed by atoms with Crippen molar-refractivity contribution in [1.29, 1.82) is 0 Å². The van der Waals surface area contributed by atoms with E-state index in [0.29, 0.717) is 5.56 Å². The van der Waals surface area contributed by atoms with Gasteiger partial charge in [0.05, 0.1) is 11.3 Å². The third-order valence-electron chi connectivity index (χ3n) is 3.92. The van der Waals surface area contributed by atoms with Crippen LogP contribution >= 0.6 is 0 Å². The van der Waals surface area contributed by atoms with E-state index in [1.165, 1.54) is 18.2 Å². The van der Waals surface area contributed by atoms with Crippen LogP contribution in [0.5, 0.6) is 0 Å². The molecule has 0 saturated heterocycles. The van der Waals surface area contributed by atoms with E-state index in [2.05, 4.69) is 36.3 Å². The molecule has 2 aromatic carbocycles. The summed E-state index contributed by atoms with van der Waals surface area (Å²) in [7, 11) is 0. The van der Waals surface area contributed by atoms with E-state index in [9.17, 15) is 13.2 Å². The summed E-state index contributed by atoms with van der Waals surface area (Å²) in [5.74, 6) is 0.261. The topological polar surface area (TPSA) is 43.6 Å². The van der Waals surface area contributed by atoms with Gasteiger partial charge in [0.25, 0.3) is 0 Å². The maximum Gasteiger partial charge on any atom is 0.418 e. The third-order valence-corrected chi connectivity index (χ3v) is 3.92. The Morgan fingerprint density at radius 3 is 2.12 bits per heavy atom. The maximum absolute atomic E-state index is 13.3. The Hall–Kier alpha value is -2.70. The van der Waals surface area contributed by atoms with E-state index in [1.54, 1.807) is 0 Å². The van der Waals surface area contributed by atoms with Gasteiger partial charge in [-0.3, -0.25) is 0 Å². The standard InChI is InChI=1S/C18H17F3N4/c1-17(2,3)13-10-8-12(9-11-13)16-22-23-24-25(16)15-7-5-4-6-14(15)18(19,20)21/h4-11H,1-3H3. The second-order valence-electron chi connectivity index (χ2n) is 6.76. The molecule has 1 aromatic heterocycles. The quantitative estimate of drug-likeness (QED) is 0.679. The number of hydrogen-bond acceptors (Lipinski definition) is 3. The van der Waals surface area contributed by atoms with Crippen molar-refractivity contribution in [2.24, 2.45) is 0 Å². The predicted molar refractivity (Wildman–Crippen MR) is 88.3 cm³/mol.